The smallest absolute Gasteiger partial charge is 0.0163 e. The number of thioether (sulfide) groups is 1. The van der Waals surface area contributed by atoms with E-state index in [1.165, 1.54) is 23.3 Å². The van der Waals surface area contributed by atoms with E-state index in [9.17, 15) is 0 Å². The summed E-state index contributed by atoms with van der Waals surface area (Å²) in [6.45, 7) is 2.17. The van der Waals surface area contributed by atoms with Crippen LogP contribution in [0.3, 0.4) is 0 Å². The monoisotopic (exact) mass is 216 g/mol. The van der Waals surface area contributed by atoms with Gasteiger partial charge >= 0.3 is 0 Å². The Morgan fingerprint density at radius 3 is 2.80 bits per heavy atom. The first-order valence-electron chi connectivity index (χ1n) is 5.73. The van der Waals surface area contributed by atoms with Gasteiger partial charge in [-0.25, -0.2) is 0 Å². The van der Waals surface area contributed by atoms with Crippen LogP contribution in [0.5, 0.6) is 0 Å². The van der Waals surface area contributed by atoms with Gasteiger partial charge in [-0.05, 0) is 43.7 Å². The molecular weight excluding hydrogens is 200 g/mol. The third-order valence-corrected chi connectivity index (χ3v) is 4.87. The number of hydrogen-bond acceptors (Lipinski definition) is 1. The van der Waals surface area contributed by atoms with Gasteiger partial charge < -0.3 is 0 Å². The molecule has 1 heteroatoms. The molecule has 78 valence electrons. The van der Waals surface area contributed by atoms with Gasteiger partial charge in [0.25, 0.3) is 0 Å². The first-order chi connectivity index (χ1) is 7.31. The molecule has 0 aromatic heterocycles. The Morgan fingerprint density at radius 1 is 1.20 bits per heavy atom. The number of allylic oxidation sites excluding steroid dienone is 2. The van der Waals surface area contributed by atoms with Crippen LogP contribution >= 0.6 is 11.8 Å². The zero-order chi connectivity index (χ0) is 10.3. The van der Waals surface area contributed by atoms with Crippen molar-refractivity contribution in [3.05, 3.63) is 42.0 Å². The fourth-order valence-electron chi connectivity index (χ4n) is 2.73. The molecule has 2 aliphatic carbocycles. The maximum Gasteiger partial charge on any atom is 0.0163 e. The summed E-state index contributed by atoms with van der Waals surface area (Å²) < 4.78 is 0. The van der Waals surface area contributed by atoms with Gasteiger partial charge in [0.1, 0.15) is 0 Å². The summed E-state index contributed by atoms with van der Waals surface area (Å²) in [7, 11) is 0. The van der Waals surface area contributed by atoms with Crippen molar-refractivity contribution in [2.75, 3.05) is 0 Å². The van der Waals surface area contributed by atoms with Crippen LogP contribution in [0.15, 0.2) is 41.3 Å². The second-order valence-corrected chi connectivity index (χ2v) is 6.07. The van der Waals surface area contributed by atoms with E-state index in [2.05, 4.69) is 55.1 Å². The van der Waals surface area contributed by atoms with Crippen LogP contribution in [0.25, 0.3) is 0 Å². The molecule has 0 nitrogen and oxygen atoms in total. The van der Waals surface area contributed by atoms with E-state index in [0.29, 0.717) is 0 Å². The standard InChI is InChI=1S/C14H16S/c1-10-3-2-4-13(7-10)15-14-9-11-5-6-12(14)8-11/h2-7,11-12,14H,8-9H2,1H3/t11-,12+,14+/m1/s1. The molecule has 0 heterocycles. The summed E-state index contributed by atoms with van der Waals surface area (Å²) in [5, 5.41) is 0.835. The molecular formula is C14H16S. The molecule has 1 aromatic carbocycles. The minimum atomic E-state index is 0.835. The molecule has 1 aromatic rings. The van der Waals surface area contributed by atoms with Crippen molar-refractivity contribution < 1.29 is 0 Å². The molecule has 0 radical (unpaired) electrons. The Hall–Kier alpha value is -0.690. The Balaban J connectivity index is 1.73. The Morgan fingerprint density at radius 2 is 2.13 bits per heavy atom. The molecule has 1 saturated carbocycles. The lowest BCUT2D eigenvalue weighted by atomic mass is 10.1. The van der Waals surface area contributed by atoms with Gasteiger partial charge in [0, 0.05) is 10.1 Å². The SMILES string of the molecule is Cc1cccc(S[C@H]2C[C@@H]3C=C[C@H]2C3)c1. The largest absolute Gasteiger partial charge is 0.122 e. The molecule has 0 N–H and O–H groups in total. The summed E-state index contributed by atoms with van der Waals surface area (Å²) in [5.74, 6) is 1.73. The molecule has 3 atom stereocenters. The number of benzene rings is 1. The lowest BCUT2D eigenvalue weighted by molar-refractivity contribution is 0.692. The maximum atomic E-state index is 2.43. The van der Waals surface area contributed by atoms with Crippen molar-refractivity contribution in [2.45, 2.75) is 29.9 Å². The summed E-state index contributed by atoms with van der Waals surface area (Å²) in [4.78, 5) is 1.45. The van der Waals surface area contributed by atoms with Crippen LogP contribution in [0, 0.1) is 18.8 Å². The van der Waals surface area contributed by atoms with Gasteiger partial charge in [0.2, 0.25) is 0 Å². The average Bonchev–Trinajstić information content (AvgIpc) is 2.79. The maximum absolute atomic E-state index is 2.43. The Kier molecular flexibility index (Phi) is 2.36. The molecule has 0 spiro atoms. The summed E-state index contributed by atoms with van der Waals surface area (Å²) in [5.41, 5.74) is 1.37. The quantitative estimate of drug-likeness (QED) is 0.672. The minimum Gasteiger partial charge on any atom is -0.122 e. The average molecular weight is 216 g/mol. The number of hydrogen-bond donors (Lipinski definition) is 0. The molecule has 2 bridgehead atoms. The van der Waals surface area contributed by atoms with E-state index in [-0.39, 0.29) is 0 Å². The Bertz CT molecular complexity index is 394. The molecule has 0 saturated heterocycles. The lowest BCUT2D eigenvalue weighted by Crippen LogP contribution is -2.08. The topological polar surface area (TPSA) is 0 Å². The van der Waals surface area contributed by atoms with Gasteiger partial charge in [-0.1, -0.05) is 29.8 Å². The zero-order valence-corrected chi connectivity index (χ0v) is 9.84. The van der Waals surface area contributed by atoms with E-state index in [4.69, 9.17) is 0 Å². The van der Waals surface area contributed by atoms with Crippen molar-refractivity contribution >= 4 is 11.8 Å². The van der Waals surface area contributed by atoms with Crippen molar-refractivity contribution in [3.8, 4) is 0 Å². The fraction of sp³-hybridized carbons (Fsp3) is 0.429. The number of fused-ring (bicyclic) bond motifs is 2. The van der Waals surface area contributed by atoms with Crippen molar-refractivity contribution in [3.63, 3.8) is 0 Å². The van der Waals surface area contributed by atoms with Gasteiger partial charge in [0.15, 0.2) is 0 Å². The lowest BCUT2D eigenvalue weighted by Gasteiger charge is -2.17. The van der Waals surface area contributed by atoms with E-state index in [1.807, 2.05) is 0 Å². The van der Waals surface area contributed by atoms with Crippen LogP contribution < -0.4 is 0 Å². The molecule has 0 aliphatic heterocycles. The first-order valence-corrected chi connectivity index (χ1v) is 6.61. The third-order valence-electron chi connectivity index (χ3n) is 3.49. The third kappa shape index (κ3) is 1.85. The second kappa shape index (κ2) is 3.71. The van der Waals surface area contributed by atoms with Gasteiger partial charge in [-0.15, -0.1) is 11.8 Å². The minimum absolute atomic E-state index is 0.835. The molecule has 3 rings (SSSR count). The van der Waals surface area contributed by atoms with E-state index in [1.54, 1.807) is 0 Å². The highest BCUT2D eigenvalue weighted by atomic mass is 32.2. The summed E-state index contributed by atoms with van der Waals surface area (Å²) in [6.07, 6.45) is 7.64. The zero-order valence-electron chi connectivity index (χ0n) is 9.02. The molecule has 0 unspecified atom stereocenters. The predicted octanol–water partition coefficient (Wildman–Crippen LogP) is 4.05. The number of rotatable bonds is 2. The Labute approximate surface area is 95.8 Å². The van der Waals surface area contributed by atoms with E-state index >= 15 is 0 Å². The van der Waals surface area contributed by atoms with Crippen LogP contribution in [0.2, 0.25) is 0 Å². The van der Waals surface area contributed by atoms with E-state index < -0.39 is 0 Å². The molecule has 0 amide bonds. The van der Waals surface area contributed by atoms with Gasteiger partial charge in [-0.2, -0.15) is 0 Å². The van der Waals surface area contributed by atoms with E-state index in [0.717, 1.165) is 17.1 Å². The summed E-state index contributed by atoms with van der Waals surface area (Å²) in [6, 6.07) is 8.89. The van der Waals surface area contributed by atoms with Gasteiger partial charge in [-0.3, -0.25) is 0 Å². The molecule has 15 heavy (non-hydrogen) atoms. The van der Waals surface area contributed by atoms with Crippen LogP contribution in [0.4, 0.5) is 0 Å². The van der Waals surface area contributed by atoms with Crippen molar-refractivity contribution in [2.24, 2.45) is 11.8 Å². The predicted molar refractivity (Wildman–Crippen MR) is 66.2 cm³/mol. The second-order valence-electron chi connectivity index (χ2n) is 4.75. The number of aryl methyl sites for hydroxylation is 1. The highest BCUT2D eigenvalue weighted by Gasteiger charge is 2.35. The van der Waals surface area contributed by atoms with Crippen LogP contribution in [-0.4, -0.2) is 5.25 Å². The highest BCUT2D eigenvalue weighted by molar-refractivity contribution is 8.00. The highest BCUT2D eigenvalue weighted by Crippen LogP contribution is 2.47. The molecule has 2 aliphatic rings. The molecule has 1 fully saturated rings. The normalized spacial score (nSPS) is 32.5. The summed E-state index contributed by atoms with van der Waals surface area (Å²) >= 11 is 2.08. The van der Waals surface area contributed by atoms with Crippen LogP contribution in [0.1, 0.15) is 18.4 Å². The van der Waals surface area contributed by atoms with Crippen molar-refractivity contribution in [1.82, 2.24) is 0 Å². The fourth-order valence-corrected chi connectivity index (χ4v) is 4.21. The van der Waals surface area contributed by atoms with Crippen LogP contribution in [-0.2, 0) is 0 Å². The first kappa shape index (κ1) is 9.53. The van der Waals surface area contributed by atoms with Crippen molar-refractivity contribution in [1.29, 1.82) is 0 Å². The van der Waals surface area contributed by atoms with Gasteiger partial charge in [0.05, 0.1) is 0 Å².